The first-order valence-corrected chi connectivity index (χ1v) is 8.92. The first kappa shape index (κ1) is 17.3. The molecule has 4 nitrogen and oxygen atoms in total. The Balaban J connectivity index is 1.89. The van der Waals surface area contributed by atoms with Crippen LogP contribution >= 0.6 is 0 Å². The van der Waals surface area contributed by atoms with Gasteiger partial charge in [0.1, 0.15) is 5.75 Å². The summed E-state index contributed by atoms with van der Waals surface area (Å²) in [6, 6.07) is 23.9. The van der Waals surface area contributed by atoms with Crippen LogP contribution in [0.15, 0.2) is 78.9 Å². The van der Waals surface area contributed by atoms with Crippen molar-refractivity contribution in [2.24, 2.45) is 0 Å². The van der Waals surface area contributed by atoms with Gasteiger partial charge < -0.3 is 9.84 Å². The third-order valence-corrected chi connectivity index (χ3v) is 5.26. The van der Waals surface area contributed by atoms with Gasteiger partial charge in [0.05, 0.1) is 13.2 Å². The minimum absolute atomic E-state index is 0.180. The van der Waals surface area contributed by atoms with Crippen LogP contribution in [0.5, 0.6) is 5.75 Å². The predicted molar refractivity (Wildman–Crippen MR) is 103 cm³/mol. The summed E-state index contributed by atoms with van der Waals surface area (Å²) in [6.07, 6.45) is 0. The lowest BCUT2D eigenvalue weighted by molar-refractivity contribution is -0.0677. The first-order chi connectivity index (χ1) is 13.1. The molecular weight excluding hydrogens is 338 g/mol. The Morgan fingerprint density at radius 2 is 1.56 bits per heavy atom. The second-order valence-electron chi connectivity index (χ2n) is 6.71. The Bertz CT molecular complexity index is 968. The molecule has 0 aliphatic carbocycles. The van der Waals surface area contributed by atoms with Crippen molar-refractivity contribution in [3.63, 3.8) is 0 Å². The maximum absolute atomic E-state index is 13.3. The van der Waals surface area contributed by atoms with Gasteiger partial charge in [-0.2, -0.15) is 0 Å². The zero-order chi connectivity index (χ0) is 19.0. The molecule has 1 aliphatic rings. The zero-order valence-electron chi connectivity index (χ0n) is 15.3. The van der Waals surface area contributed by atoms with Gasteiger partial charge >= 0.3 is 0 Å². The molecule has 0 aromatic heterocycles. The van der Waals surface area contributed by atoms with Gasteiger partial charge in [0.25, 0.3) is 5.91 Å². The third kappa shape index (κ3) is 2.61. The van der Waals surface area contributed by atoms with Crippen LogP contribution in [-0.4, -0.2) is 23.0 Å². The normalized spacial score (nSPS) is 19.7. The van der Waals surface area contributed by atoms with E-state index >= 15 is 0 Å². The molecule has 136 valence electrons. The fourth-order valence-electron chi connectivity index (χ4n) is 3.83. The quantitative estimate of drug-likeness (QED) is 0.763. The maximum atomic E-state index is 13.3. The average Bonchev–Trinajstić information content (AvgIpc) is 2.96. The van der Waals surface area contributed by atoms with Gasteiger partial charge in [0, 0.05) is 16.7 Å². The predicted octanol–water partition coefficient (Wildman–Crippen LogP) is 4.11. The molecule has 0 saturated heterocycles. The van der Waals surface area contributed by atoms with Crippen LogP contribution in [0.3, 0.4) is 0 Å². The van der Waals surface area contributed by atoms with Crippen molar-refractivity contribution in [2.75, 3.05) is 7.11 Å². The van der Waals surface area contributed by atoms with Gasteiger partial charge in [0.15, 0.2) is 5.72 Å². The lowest BCUT2D eigenvalue weighted by Crippen LogP contribution is -2.46. The Morgan fingerprint density at radius 1 is 0.926 bits per heavy atom. The summed E-state index contributed by atoms with van der Waals surface area (Å²) in [4.78, 5) is 14.8. The van der Waals surface area contributed by atoms with E-state index in [1.54, 1.807) is 42.3 Å². The highest BCUT2D eigenvalue weighted by Gasteiger charge is 2.51. The highest BCUT2D eigenvalue weighted by atomic mass is 16.5. The van der Waals surface area contributed by atoms with Gasteiger partial charge in [0.2, 0.25) is 0 Å². The van der Waals surface area contributed by atoms with Crippen LogP contribution in [0.25, 0.3) is 0 Å². The molecule has 4 heteroatoms. The van der Waals surface area contributed by atoms with Crippen LogP contribution < -0.4 is 4.74 Å². The molecule has 2 unspecified atom stereocenters. The van der Waals surface area contributed by atoms with Gasteiger partial charge in [-0.1, -0.05) is 60.7 Å². The number of benzene rings is 3. The van der Waals surface area contributed by atoms with E-state index in [4.69, 9.17) is 4.74 Å². The van der Waals surface area contributed by atoms with E-state index in [2.05, 4.69) is 0 Å². The summed E-state index contributed by atoms with van der Waals surface area (Å²) >= 11 is 0. The van der Waals surface area contributed by atoms with Crippen molar-refractivity contribution in [1.82, 2.24) is 4.90 Å². The fourth-order valence-corrected chi connectivity index (χ4v) is 3.83. The number of rotatable bonds is 4. The molecule has 4 rings (SSSR count). The molecule has 3 aromatic rings. The number of amides is 1. The van der Waals surface area contributed by atoms with E-state index in [1.807, 2.05) is 55.5 Å². The lowest BCUT2D eigenvalue weighted by Gasteiger charge is -2.39. The average molecular weight is 359 g/mol. The number of fused-ring (bicyclic) bond motifs is 1. The van der Waals surface area contributed by atoms with Gasteiger partial charge in [-0.15, -0.1) is 0 Å². The van der Waals surface area contributed by atoms with Crippen LogP contribution in [0.1, 0.15) is 40.0 Å². The number of carbonyl (C=O) groups excluding carboxylic acids is 1. The number of ether oxygens (including phenoxy) is 1. The van der Waals surface area contributed by atoms with Gasteiger partial charge in [-0.3, -0.25) is 9.69 Å². The van der Waals surface area contributed by atoms with Crippen molar-refractivity contribution in [3.05, 3.63) is 101 Å². The number of aliphatic hydroxyl groups is 1. The van der Waals surface area contributed by atoms with Crippen LogP contribution in [0.2, 0.25) is 0 Å². The molecule has 2 atom stereocenters. The molecule has 1 heterocycles. The Kier molecular flexibility index (Phi) is 4.21. The molecule has 1 N–H and O–H groups in total. The van der Waals surface area contributed by atoms with Crippen LogP contribution in [-0.2, 0) is 5.72 Å². The molecule has 0 spiro atoms. The largest absolute Gasteiger partial charge is 0.497 e. The molecule has 27 heavy (non-hydrogen) atoms. The zero-order valence-corrected chi connectivity index (χ0v) is 15.3. The minimum Gasteiger partial charge on any atom is -0.497 e. The smallest absolute Gasteiger partial charge is 0.257 e. The Morgan fingerprint density at radius 3 is 2.22 bits per heavy atom. The summed E-state index contributed by atoms with van der Waals surface area (Å²) < 4.78 is 5.24. The van der Waals surface area contributed by atoms with E-state index in [0.717, 1.165) is 5.56 Å². The van der Waals surface area contributed by atoms with E-state index in [1.165, 1.54) is 0 Å². The van der Waals surface area contributed by atoms with Crippen LogP contribution in [0.4, 0.5) is 0 Å². The molecule has 0 bridgehead atoms. The Labute approximate surface area is 158 Å². The van der Waals surface area contributed by atoms with E-state index in [-0.39, 0.29) is 11.9 Å². The second-order valence-corrected chi connectivity index (χ2v) is 6.71. The summed E-state index contributed by atoms with van der Waals surface area (Å²) in [5.74, 6) is 0.517. The molecule has 0 fully saturated rings. The van der Waals surface area contributed by atoms with E-state index in [9.17, 15) is 9.90 Å². The number of hydrogen-bond acceptors (Lipinski definition) is 3. The summed E-state index contributed by atoms with van der Waals surface area (Å²) in [5.41, 5.74) is 1.17. The van der Waals surface area contributed by atoms with Gasteiger partial charge in [-0.25, -0.2) is 0 Å². The summed E-state index contributed by atoms with van der Waals surface area (Å²) in [5, 5.41) is 11.9. The van der Waals surface area contributed by atoms with E-state index in [0.29, 0.717) is 22.4 Å². The molecule has 3 aromatic carbocycles. The van der Waals surface area contributed by atoms with Crippen molar-refractivity contribution in [3.8, 4) is 5.75 Å². The highest BCUT2D eigenvalue weighted by Crippen LogP contribution is 2.46. The summed E-state index contributed by atoms with van der Waals surface area (Å²) in [6.45, 7) is 1.94. The highest BCUT2D eigenvalue weighted by molar-refractivity contribution is 6.00. The van der Waals surface area contributed by atoms with Crippen LogP contribution in [0, 0.1) is 0 Å². The van der Waals surface area contributed by atoms with Crippen molar-refractivity contribution >= 4 is 5.91 Å². The second kappa shape index (κ2) is 6.56. The van der Waals surface area contributed by atoms with Crippen molar-refractivity contribution in [2.45, 2.75) is 18.7 Å². The topological polar surface area (TPSA) is 49.8 Å². The number of methoxy groups -OCH3 is 1. The molecule has 1 aliphatic heterocycles. The Hall–Kier alpha value is -3.11. The monoisotopic (exact) mass is 359 g/mol. The molecule has 0 saturated carbocycles. The maximum Gasteiger partial charge on any atom is 0.257 e. The third-order valence-electron chi connectivity index (χ3n) is 5.26. The van der Waals surface area contributed by atoms with Gasteiger partial charge in [-0.05, 0) is 30.7 Å². The van der Waals surface area contributed by atoms with E-state index < -0.39 is 5.72 Å². The SMILES string of the molecule is COc1ccc(C2(O)c3ccccc3C(=O)N2C(C)c2ccccc2)cc1. The molecule has 0 radical (unpaired) electrons. The fraction of sp³-hybridized carbons (Fsp3) is 0.174. The molecular formula is C23H21NO3. The van der Waals surface area contributed by atoms with Crippen molar-refractivity contribution in [1.29, 1.82) is 0 Å². The number of nitrogens with zero attached hydrogens (tertiary/aromatic N) is 1. The number of hydrogen-bond donors (Lipinski definition) is 1. The lowest BCUT2D eigenvalue weighted by atomic mass is 9.92. The standard InChI is InChI=1S/C23H21NO3/c1-16(17-8-4-3-5-9-17)24-22(25)20-10-6-7-11-21(20)23(24,26)18-12-14-19(27-2)15-13-18/h3-16,26H,1-2H3. The minimum atomic E-state index is -1.55. The molecule has 1 amide bonds. The van der Waals surface area contributed by atoms with Crippen molar-refractivity contribution < 1.29 is 14.6 Å². The summed E-state index contributed by atoms with van der Waals surface area (Å²) in [7, 11) is 1.60. The number of carbonyl (C=O) groups is 1. The first-order valence-electron chi connectivity index (χ1n) is 8.92.